The van der Waals surface area contributed by atoms with Gasteiger partial charge in [-0.05, 0) is 28.7 Å². The van der Waals surface area contributed by atoms with Gasteiger partial charge in [0.15, 0.2) is 0 Å². The van der Waals surface area contributed by atoms with E-state index in [1.165, 1.54) is 5.56 Å². The van der Waals surface area contributed by atoms with Gasteiger partial charge in [0.2, 0.25) is 6.41 Å². The van der Waals surface area contributed by atoms with Crippen LogP contribution in [0.1, 0.15) is 30.9 Å². The third kappa shape index (κ3) is 3.57. The summed E-state index contributed by atoms with van der Waals surface area (Å²) in [5.74, 6) is -0.277. The molecule has 0 saturated carbocycles. The van der Waals surface area contributed by atoms with Crippen molar-refractivity contribution >= 4 is 29.1 Å². The number of nitrogens with one attached hydrogen (secondary N) is 2. The van der Waals surface area contributed by atoms with Crippen molar-refractivity contribution in [3.63, 3.8) is 0 Å². The number of benzene rings is 2. The second-order valence-corrected chi connectivity index (χ2v) is 6.86. The maximum atomic E-state index is 11.3. The molecule has 0 unspecified atom stereocenters. The Hall–Kier alpha value is -3.12. The average molecular weight is 365 g/mol. The van der Waals surface area contributed by atoms with Crippen LogP contribution in [0.3, 0.4) is 0 Å². The predicted molar refractivity (Wildman–Crippen MR) is 107 cm³/mol. The normalized spacial score (nSPS) is 12.3. The van der Waals surface area contributed by atoms with Crippen molar-refractivity contribution in [1.82, 2.24) is 4.98 Å². The van der Waals surface area contributed by atoms with Crippen LogP contribution in [0.15, 0.2) is 42.5 Å². The minimum atomic E-state index is -1.08. The molecule has 0 saturated heterocycles. The molecule has 0 radical (unpaired) electrons. The van der Waals surface area contributed by atoms with Crippen LogP contribution in [-0.2, 0) is 16.0 Å². The number of fused-ring (bicyclic) bond motifs is 1. The second kappa shape index (κ2) is 7.63. The van der Waals surface area contributed by atoms with Crippen LogP contribution in [0.4, 0.5) is 5.82 Å². The number of rotatable bonds is 7. The molecule has 0 aliphatic heterocycles. The number of aromatic amines is 1. The number of carboxylic acids is 1. The molecular formula is C21H23N3O3. The molecule has 0 spiro atoms. The minimum Gasteiger partial charge on any atom is -0.480 e. The first-order valence-corrected chi connectivity index (χ1v) is 8.85. The van der Waals surface area contributed by atoms with Gasteiger partial charge in [0, 0.05) is 22.9 Å². The number of carbonyl (C=O) groups is 2. The van der Waals surface area contributed by atoms with Crippen molar-refractivity contribution in [3.05, 3.63) is 53.6 Å². The summed E-state index contributed by atoms with van der Waals surface area (Å²) in [6, 6.07) is 12.9. The Kier molecular flexibility index (Phi) is 5.28. The van der Waals surface area contributed by atoms with E-state index in [-0.39, 0.29) is 6.42 Å². The van der Waals surface area contributed by atoms with E-state index in [0.29, 0.717) is 23.7 Å². The van der Waals surface area contributed by atoms with Crippen LogP contribution in [-0.4, -0.2) is 28.5 Å². The van der Waals surface area contributed by atoms with Gasteiger partial charge in [0.1, 0.15) is 11.9 Å². The Morgan fingerprint density at radius 2 is 1.89 bits per heavy atom. The van der Waals surface area contributed by atoms with Crippen molar-refractivity contribution in [3.8, 4) is 11.1 Å². The molecule has 5 N–H and O–H groups in total. The zero-order valence-electron chi connectivity index (χ0n) is 15.3. The summed E-state index contributed by atoms with van der Waals surface area (Å²) >= 11 is 0. The average Bonchev–Trinajstić information content (AvgIpc) is 2.99. The molecule has 3 rings (SSSR count). The van der Waals surface area contributed by atoms with Crippen LogP contribution in [0.25, 0.3) is 22.0 Å². The highest BCUT2D eigenvalue weighted by Gasteiger charge is 2.22. The van der Waals surface area contributed by atoms with E-state index in [0.717, 1.165) is 22.0 Å². The number of aromatic nitrogens is 1. The lowest BCUT2D eigenvalue weighted by Crippen LogP contribution is -2.32. The molecule has 27 heavy (non-hydrogen) atoms. The Labute approximate surface area is 157 Å². The van der Waals surface area contributed by atoms with Gasteiger partial charge in [-0.3, -0.25) is 9.59 Å². The molecule has 0 bridgehead atoms. The Morgan fingerprint density at radius 1 is 1.19 bits per heavy atom. The number of amides is 1. The van der Waals surface area contributed by atoms with Crippen LogP contribution in [0, 0.1) is 0 Å². The molecule has 1 amide bonds. The molecule has 0 aliphatic carbocycles. The summed E-state index contributed by atoms with van der Waals surface area (Å²) in [5.41, 5.74) is 10.6. The number of carbonyl (C=O) groups excluding carboxylic acids is 1. The fourth-order valence-electron chi connectivity index (χ4n) is 3.48. The molecule has 1 heterocycles. The summed E-state index contributed by atoms with van der Waals surface area (Å²) in [5, 5.41) is 12.8. The third-order valence-corrected chi connectivity index (χ3v) is 4.75. The number of H-pyrrole nitrogens is 1. The fraction of sp³-hybridized carbons (Fsp3) is 0.238. The summed E-state index contributed by atoms with van der Waals surface area (Å²) < 4.78 is 0. The lowest BCUT2D eigenvalue weighted by atomic mass is 9.89. The quantitative estimate of drug-likeness (QED) is 0.481. The molecular weight excluding hydrogens is 342 g/mol. The van der Waals surface area contributed by atoms with E-state index in [9.17, 15) is 14.7 Å². The summed E-state index contributed by atoms with van der Waals surface area (Å²) in [4.78, 5) is 25.5. The van der Waals surface area contributed by atoms with Gasteiger partial charge >= 0.3 is 5.97 Å². The molecule has 1 aromatic heterocycles. The van der Waals surface area contributed by atoms with Crippen LogP contribution in [0.5, 0.6) is 0 Å². The van der Waals surface area contributed by atoms with Gasteiger partial charge in [0.25, 0.3) is 0 Å². The molecule has 1 atom stereocenters. The molecule has 0 fully saturated rings. The van der Waals surface area contributed by atoms with E-state index in [1.54, 1.807) is 0 Å². The van der Waals surface area contributed by atoms with E-state index < -0.39 is 12.0 Å². The van der Waals surface area contributed by atoms with Gasteiger partial charge < -0.3 is 21.1 Å². The zero-order valence-corrected chi connectivity index (χ0v) is 15.3. The maximum Gasteiger partial charge on any atom is 0.320 e. The largest absolute Gasteiger partial charge is 0.480 e. The van der Waals surface area contributed by atoms with Crippen molar-refractivity contribution < 1.29 is 14.7 Å². The van der Waals surface area contributed by atoms with Gasteiger partial charge in [-0.25, -0.2) is 0 Å². The lowest BCUT2D eigenvalue weighted by Gasteiger charge is -2.15. The highest BCUT2D eigenvalue weighted by molar-refractivity contribution is 6.02. The van der Waals surface area contributed by atoms with E-state index >= 15 is 0 Å². The van der Waals surface area contributed by atoms with Crippen molar-refractivity contribution in [1.29, 1.82) is 0 Å². The predicted octanol–water partition coefficient (Wildman–Crippen LogP) is 3.48. The summed E-state index contributed by atoms with van der Waals surface area (Å²) in [7, 11) is 0. The topological polar surface area (TPSA) is 108 Å². The monoisotopic (exact) mass is 365 g/mol. The highest BCUT2D eigenvalue weighted by atomic mass is 16.4. The van der Waals surface area contributed by atoms with Crippen LogP contribution >= 0.6 is 0 Å². The van der Waals surface area contributed by atoms with E-state index in [2.05, 4.69) is 36.3 Å². The van der Waals surface area contributed by atoms with Crippen LogP contribution in [0.2, 0.25) is 0 Å². The smallest absolute Gasteiger partial charge is 0.320 e. The lowest BCUT2D eigenvalue weighted by molar-refractivity contribution is -0.138. The first kappa shape index (κ1) is 18.7. The first-order chi connectivity index (χ1) is 12.9. The molecule has 6 nitrogen and oxygen atoms in total. The third-order valence-electron chi connectivity index (χ3n) is 4.75. The SMILES string of the molecule is CC(C)c1ccccc1-c1cccc2[nH]c(NC=O)c(C[C@H](N)C(=O)O)c12. The standard InChI is InChI=1S/C21H23N3O3/c1-12(2)13-6-3-4-7-14(13)15-8-5-9-18-19(15)16(10-17(22)21(26)27)20(24-18)23-11-25/h3-9,11-12,17,24H,10,22H2,1-2H3,(H,23,25)(H,26,27)/t17-/m0/s1. The highest BCUT2D eigenvalue weighted by Crippen LogP contribution is 2.38. The van der Waals surface area contributed by atoms with Crippen molar-refractivity contribution in [2.45, 2.75) is 32.2 Å². The van der Waals surface area contributed by atoms with Crippen LogP contribution < -0.4 is 11.1 Å². The molecule has 3 aromatic rings. The fourth-order valence-corrected chi connectivity index (χ4v) is 3.48. The molecule has 0 aliphatic rings. The van der Waals surface area contributed by atoms with Gasteiger partial charge in [0.05, 0.1) is 0 Å². The molecule has 6 heteroatoms. The molecule has 140 valence electrons. The van der Waals surface area contributed by atoms with Crippen molar-refractivity contribution in [2.24, 2.45) is 5.73 Å². The Bertz CT molecular complexity index is 992. The summed E-state index contributed by atoms with van der Waals surface area (Å²) in [6.45, 7) is 4.27. The maximum absolute atomic E-state index is 11.3. The second-order valence-electron chi connectivity index (χ2n) is 6.86. The number of hydrogen-bond donors (Lipinski definition) is 4. The Morgan fingerprint density at radius 3 is 2.56 bits per heavy atom. The summed E-state index contributed by atoms with van der Waals surface area (Å²) in [6.07, 6.45) is 0.675. The first-order valence-electron chi connectivity index (χ1n) is 8.85. The number of carboxylic acid groups (broad SMARTS) is 1. The van der Waals surface area contributed by atoms with Gasteiger partial charge in [-0.1, -0.05) is 50.2 Å². The van der Waals surface area contributed by atoms with E-state index in [1.807, 2.05) is 30.3 Å². The van der Waals surface area contributed by atoms with Gasteiger partial charge in [-0.15, -0.1) is 0 Å². The van der Waals surface area contributed by atoms with E-state index in [4.69, 9.17) is 5.73 Å². The number of aliphatic carboxylic acids is 1. The number of nitrogens with two attached hydrogens (primary N) is 1. The van der Waals surface area contributed by atoms with Crippen molar-refractivity contribution in [2.75, 3.05) is 5.32 Å². The Balaban J connectivity index is 2.29. The molecule has 2 aromatic carbocycles. The number of hydrogen-bond acceptors (Lipinski definition) is 3. The number of anilines is 1. The van der Waals surface area contributed by atoms with Gasteiger partial charge in [-0.2, -0.15) is 0 Å². The minimum absolute atomic E-state index is 0.104. The zero-order chi connectivity index (χ0) is 19.6.